The summed E-state index contributed by atoms with van der Waals surface area (Å²) in [4.78, 5) is 0. The number of rotatable bonds is 10. The molecule has 0 bridgehead atoms. The number of hydrogen-bond donors (Lipinski definition) is 2. The van der Waals surface area contributed by atoms with Crippen molar-refractivity contribution in [3.63, 3.8) is 0 Å². The molecule has 2 rings (SSSR count). The second-order valence-electron chi connectivity index (χ2n) is 8.30. The third kappa shape index (κ3) is 7.35. The Bertz CT molecular complexity index is 909. The molecule has 5 heteroatoms. The minimum atomic E-state index is -4.71. The zero-order chi connectivity index (χ0) is 23.8. The van der Waals surface area contributed by atoms with Gasteiger partial charge in [0.25, 0.3) is 0 Å². The van der Waals surface area contributed by atoms with Crippen LogP contribution in [0.2, 0.25) is 0 Å². The Labute approximate surface area is 189 Å². The minimum absolute atomic E-state index is 0.418. The van der Waals surface area contributed by atoms with Crippen molar-refractivity contribution < 1.29 is 23.4 Å². The monoisotopic (exact) mass is 446 g/mol. The zero-order valence-corrected chi connectivity index (χ0v) is 19.0. The van der Waals surface area contributed by atoms with Crippen molar-refractivity contribution in [3.05, 3.63) is 89.0 Å². The molecular formula is C27H33F3O2. The maximum atomic E-state index is 12.8. The van der Waals surface area contributed by atoms with Crippen LogP contribution in [0.15, 0.2) is 66.8 Å². The quantitative estimate of drug-likeness (QED) is 0.387. The largest absolute Gasteiger partial charge is 0.420 e. The van der Waals surface area contributed by atoms with Gasteiger partial charge in [0.2, 0.25) is 0 Å². The molecule has 0 aromatic heterocycles. The Hall–Kier alpha value is -2.37. The molecule has 0 spiro atoms. The van der Waals surface area contributed by atoms with Crippen molar-refractivity contribution in [1.82, 2.24) is 0 Å². The lowest BCUT2D eigenvalue weighted by atomic mass is 9.96. The molecule has 32 heavy (non-hydrogen) atoms. The van der Waals surface area contributed by atoms with Gasteiger partial charge < -0.3 is 10.2 Å². The molecule has 0 aliphatic carbocycles. The first kappa shape index (κ1) is 25.9. The Kier molecular flexibility index (Phi) is 9.29. The Morgan fingerprint density at radius 3 is 2.25 bits per heavy atom. The minimum Gasteiger partial charge on any atom is -0.388 e. The highest BCUT2D eigenvalue weighted by Crippen LogP contribution is 2.31. The van der Waals surface area contributed by atoms with Gasteiger partial charge in [0.15, 0.2) is 5.60 Å². The van der Waals surface area contributed by atoms with E-state index in [0.717, 1.165) is 60.9 Å². The summed E-state index contributed by atoms with van der Waals surface area (Å²) in [6, 6.07) is 16.1. The Morgan fingerprint density at radius 2 is 1.66 bits per heavy atom. The summed E-state index contributed by atoms with van der Waals surface area (Å²) in [6.07, 6.45) is 2.57. The first-order valence-electron chi connectivity index (χ1n) is 11.1. The average molecular weight is 447 g/mol. The Morgan fingerprint density at radius 1 is 1.00 bits per heavy atom. The number of aliphatic hydroxyl groups excluding tert-OH is 1. The number of hydrogen-bond acceptors (Lipinski definition) is 2. The van der Waals surface area contributed by atoms with Crippen molar-refractivity contribution in [2.45, 2.75) is 70.8 Å². The lowest BCUT2D eigenvalue weighted by Crippen LogP contribution is -2.39. The molecule has 174 valence electrons. The number of aryl methyl sites for hydroxylation is 2. The molecule has 0 aliphatic rings. The van der Waals surface area contributed by atoms with E-state index in [1.54, 1.807) is 6.08 Å². The van der Waals surface area contributed by atoms with E-state index >= 15 is 0 Å². The summed E-state index contributed by atoms with van der Waals surface area (Å²) in [7, 11) is 0. The van der Waals surface area contributed by atoms with Gasteiger partial charge >= 0.3 is 6.18 Å². The highest BCUT2D eigenvalue weighted by molar-refractivity contribution is 5.67. The first-order valence-corrected chi connectivity index (χ1v) is 11.1. The molecule has 2 aromatic carbocycles. The maximum absolute atomic E-state index is 12.8. The molecule has 2 aromatic rings. The van der Waals surface area contributed by atoms with Crippen LogP contribution in [-0.2, 0) is 12.8 Å². The third-order valence-electron chi connectivity index (χ3n) is 5.60. The molecule has 2 N–H and O–H groups in total. The zero-order valence-electron chi connectivity index (χ0n) is 19.0. The Balaban J connectivity index is 2.07. The van der Waals surface area contributed by atoms with Crippen LogP contribution in [0.25, 0.3) is 5.57 Å². The van der Waals surface area contributed by atoms with E-state index < -0.39 is 17.9 Å². The summed E-state index contributed by atoms with van der Waals surface area (Å²) >= 11 is 0. The lowest BCUT2D eigenvalue weighted by Gasteiger charge is -2.22. The van der Waals surface area contributed by atoms with Crippen LogP contribution >= 0.6 is 0 Å². The van der Waals surface area contributed by atoms with E-state index in [4.69, 9.17) is 0 Å². The van der Waals surface area contributed by atoms with Gasteiger partial charge in [-0.1, -0.05) is 81.0 Å². The molecule has 2 unspecified atom stereocenters. The smallest absolute Gasteiger partial charge is 0.388 e. The fourth-order valence-corrected chi connectivity index (χ4v) is 3.43. The van der Waals surface area contributed by atoms with Gasteiger partial charge in [-0.3, -0.25) is 0 Å². The van der Waals surface area contributed by atoms with Gasteiger partial charge in [-0.25, -0.2) is 0 Å². The van der Waals surface area contributed by atoms with Crippen LogP contribution < -0.4 is 0 Å². The van der Waals surface area contributed by atoms with Gasteiger partial charge in [0.05, 0.1) is 6.10 Å². The molecule has 0 heterocycles. The second-order valence-corrected chi connectivity index (χ2v) is 8.30. The second kappa shape index (κ2) is 11.5. The van der Waals surface area contributed by atoms with Crippen LogP contribution in [0.5, 0.6) is 0 Å². The van der Waals surface area contributed by atoms with Crippen molar-refractivity contribution in [1.29, 1.82) is 0 Å². The van der Waals surface area contributed by atoms with E-state index in [-0.39, 0.29) is 0 Å². The lowest BCUT2D eigenvalue weighted by molar-refractivity contribution is -0.232. The van der Waals surface area contributed by atoms with Crippen molar-refractivity contribution in [2.24, 2.45) is 0 Å². The number of halogens is 3. The predicted molar refractivity (Wildman–Crippen MR) is 124 cm³/mol. The maximum Gasteiger partial charge on any atom is 0.420 e. The third-order valence-corrected chi connectivity index (χ3v) is 5.60. The summed E-state index contributed by atoms with van der Waals surface area (Å²) in [5.74, 6) is 0. The van der Waals surface area contributed by atoms with Crippen LogP contribution in [-0.4, -0.2) is 22.0 Å². The fourth-order valence-electron chi connectivity index (χ4n) is 3.43. The van der Waals surface area contributed by atoms with Crippen LogP contribution in [0.3, 0.4) is 0 Å². The number of allylic oxidation sites excluding steroid dienone is 3. The molecule has 2 nitrogen and oxygen atoms in total. The van der Waals surface area contributed by atoms with Gasteiger partial charge in [-0.05, 0) is 66.5 Å². The van der Waals surface area contributed by atoms with Crippen molar-refractivity contribution in [2.75, 3.05) is 0 Å². The summed E-state index contributed by atoms with van der Waals surface area (Å²) < 4.78 is 38.4. The highest BCUT2D eigenvalue weighted by Gasteiger charge is 2.47. The fraction of sp³-hybridized carbons (Fsp3) is 0.407. The molecule has 0 amide bonds. The number of aliphatic hydroxyl groups is 2. The van der Waals surface area contributed by atoms with Crippen molar-refractivity contribution in [3.8, 4) is 0 Å². The summed E-state index contributed by atoms with van der Waals surface area (Å²) in [5.41, 5.74) is 2.27. The topological polar surface area (TPSA) is 40.5 Å². The summed E-state index contributed by atoms with van der Waals surface area (Å²) in [6.45, 7) is 4.73. The number of alkyl halides is 3. The van der Waals surface area contributed by atoms with Gasteiger partial charge in [-0.2, -0.15) is 13.2 Å². The van der Waals surface area contributed by atoms with Gasteiger partial charge in [0.1, 0.15) is 0 Å². The normalized spacial score (nSPS) is 15.7. The molecule has 0 saturated carbocycles. The van der Waals surface area contributed by atoms with E-state index in [9.17, 15) is 23.4 Å². The van der Waals surface area contributed by atoms with Crippen LogP contribution in [0.4, 0.5) is 13.2 Å². The molecule has 0 aliphatic heterocycles. The predicted octanol–water partition coefficient (Wildman–Crippen LogP) is 6.97. The SMILES string of the molecule is CCCC(O)c1ccc(CCc2cccc(/C(=C/C=C/C(C)(O)C(F)(F)F)CC)c2)cc1. The molecule has 0 saturated heterocycles. The summed E-state index contributed by atoms with van der Waals surface area (Å²) in [5, 5.41) is 19.6. The number of benzene rings is 2. The highest BCUT2D eigenvalue weighted by atomic mass is 19.4. The van der Waals surface area contributed by atoms with E-state index in [1.807, 2.05) is 56.3 Å². The molecule has 2 atom stereocenters. The average Bonchev–Trinajstić information content (AvgIpc) is 2.75. The first-order chi connectivity index (χ1) is 15.1. The standard InChI is InChI=1S/C27H33F3O2/c1-4-8-25(31)23-16-14-20(15-17-23)12-13-21-9-6-10-24(19-21)22(5-2)11-7-18-26(3,32)27(28,29)30/h6-7,9-11,14-19,25,31-32H,4-5,8,12-13H2,1-3H3/b18-7+,22-11+. The van der Waals surface area contributed by atoms with Crippen LogP contribution in [0, 0.1) is 0 Å². The van der Waals surface area contributed by atoms with E-state index in [2.05, 4.69) is 6.07 Å². The van der Waals surface area contributed by atoms with Gasteiger partial charge in [0, 0.05) is 0 Å². The molecular weight excluding hydrogens is 413 g/mol. The molecule has 0 radical (unpaired) electrons. The van der Waals surface area contributed by atoms with Crippen LogP contribution in [0.1, 0.15) is 68.4 Å². The van der Waals surface area contributed by atoms with E-state index in [0.29, 0.717) is 6.42 Å². The van der Waals surface area contributed by atoms with E-state index in [1.165, 1.54) is 11.6 Å². The molecule has 0 fully saturated rings. The van der Waals surface area contributed by atoms with Gasteiger partial charge in [-0.15, -0.1) is 0 Å². The van der Waals surface area contributed by atoms with Crippen molar-refractivity contribution >= 4 is 5.57 Å².